The number of nitrogens with zero attached hydrogens (tertiary/aromatic N) is 2. The molecule has 0 aliphatic carbocycles. The van der Waals surface area contributed by atoms with Gasteiger partial charge in [-0.2, -0.15) is 0 Å². The maximum absolute atomic E-state index is 12.3. The van der Waals surface area contributed by atoms with E-state index in [2.05, 4.69) is 13.8 Å². The number of unbranched alkanes of at least 4 members (excludes halogenated alkanes) is 10. The van der Waals surface area contributed by atoms with Crippen molar-refractivity contribution >= 4 is 11.8 Å². The Balaban J connectivity index is 3.97. The standard InChI is InChI=1S/C24H48N2O3/c1-5-9-11-13-15-17-19-25(7-3)23(27)21-29-22-24(28)26(8-4)20-18-16-14-12-10-6-2/h5-22H2,1-4H3. The molecule has 172 valence electrons. The van der Waals surface area contributed by atoms with Crippen LogP contribution in [0.2, 0.25) is 0 Å². The largest absolute Gasteiger partial charge is 0.362 e. The van der Waals surface area contributed by atoms with E-state index in [1.807, 2.05) is 23.6 Å². The van der Waals surface area contributed by atoms with Crippen molar-refractivity contribution in [3.05, 3.63) is 0 Å². The van der Waals surface area contributed by atoms with E-state index in [1.54, 1.807) is 0 Å². The van der Waals surface area contributed by atoms with Gasteiger partial charge in [0.2, 0.25) is 11.8 Å². The fourth-order valence-electron chi connectivity index (χ4n) is 3.49. The fraction of sp³-hybridized carbons (Fsp3) is 0.917. The number of carbonyl (C=O) groups is 2. The van der Waals surface area contributed by atoms with Gasteiger partial charge in [0.25, 0.3) is 0 Å². The summed E-state index contributed by atoms with van der Waals surface area (Å²) in [6, 6.07) is 0. The molecule has 0 atom stereocenters. The molecule has 0 saturated heterocycles. The van der Waals surface area contributed by atoms with Crippen LogP contribution in [0.15, 0.2) is 0 Å². The number of hydrogen-bond acceptors (Lipinski definition) is 3. The first-order valence-electron chi connectivity index (χ1n) is 12.2. The Morgan fingerprint density at radius 1 is 0.552 bits per heavy atom. The van der Waals surface area contributed by atoms with E-state index >= 15 is 0 Å². The Kier molecular flexibility index (Phi) is 19.4. The van der Waals surface area contributed by atoms with Crippen molar-refractivity contribution in [3.63, 3.8) is 0 Å². The second kappa shape index (κ2) is 20.2. The summed E-state index contributed by atoms with van der Waals surface area (Å²) < 4.78 is 5.46. The van der Waals surface area contributed by atoms with Gasteiger partial charge < -0.3 is 14.5 Å². The van der Waals surface area contributed by atoms with Crippen molar-refractivity contribution in [1.82, 2.24) is 9.80 Å². The van der Waals surface area contributed by atoms with Crippen molar-refractivity contribution in [1.29, 1.82) is 0 Å². The SMILES string of the molecule is CCCCCCCCN(CC)C(=O)COCC(=O)N(CC)CCCCCCCC. The van der Waals surface area contributed by atoms with Gasteiger partial charge in [-0.25, -0.2) is 0 Å². The summed E-state index contributed by atoms with van der Waals surface area (Å²) in [4.78, 5) is 28.4. The first kappa shape index (κ1) is 27.9. The van der Waals surface area contributed by atoms with Crippen LogP contribution >= 0.6 is 0 Å². The molecule has 0 saturated carbocycles. The van der Waals surface area contributed by atoms with Gasteiger partial charge >= 0.3 is 0 Å². The molecule has 0 fully saturated rings. The van der Waals surface area contributed by atoms with Crippen LogP contribution in [0.5, 0.6) is 0 Å². The predicted octanol–water partition coefficient (Wildman–Crippen LogP) is 5.42. The quantitative estimate of drug-likeness (QED) is 0.251. The molecule has 0 aliphatic heterocycles. The number of ether oxygens (including phenoxy) is 1. The van der Waals surface area contributed by atoms with Crippen LogP contribution in [0, 0.1) is 0 Å². The number of likely N-dealkylation sites (N-methyl/N-ethyl adjacent to an activating group) is 2. The zero-order chi connectivity index (χ0) is 21.7. The highest BCUT2D eigenvalue weighted by Crippen LogP contribution is 2.07. The summed E-state index contributed by atoms with van der Waals surface area (Å²) in [5, 5.41) is 0. The molecule has 0 bridgehead atoms. The first-order valence-corrected chi connectivity index (χ1v) is 12.2. The summed E-state index contributed by atoms with van der Waals surface area (Å²) in [7, 11) is 0. The highest BCUT2D eigenvalue weighted by molar-refractivity contribution is 5.79. The smallest absolute Gasteiger partial charge is 0.248 e. The molecule has 0 aliphatic rings. The topological polar surface area (TPSA) is 49.9 Å². The molecule has 5 nitrogen and oxygen atoms in total. The van der Waals surface area contributed by atoms with Crippen molar-refractivity contribution in [2.45, 2.75) is 105 Å². The lowest BCUT2D eigenvalue weighted by Gasteiger charge is -2.22. The van der Waals surface area contributed by atoms with E-state index in [9.17, 15) is 9.59 Å². The van der Waals surface area contributed by atoms with Gasteiger partial charge in [0, 0.05) is 26.2 Å². The van der Waals surface area contributed by atoms with Gasteiger partial charge in [0.05, 0.1) is 0 Å². The van der Waals surface area contributed by atoms with Gasteiger partial charge in [-0.15, -0.1) is 0 Å². The molecule has 0 unspecified atom stereocenters. The van der Waals surface area contributed by atoms with Gasteiger partial charge in [-0.1, -0.05) is 78.1 Å². The Labute approximate surface area is 180 Å². The normalized spacial score (nSPS) is 10.9. The molecule has 29 heavy (non-hydrogen) atoms. The van der Waals surface area contributed by atoms with Gasteiger partial charge in [0.1, 0.15) is 13.2 Å². The molecular weight excluding hydrogens is 364 g/mol. The molecule has 0 heterocycles. The van der Waals surface area contributed by atoms with E-state index in [4.69, 9.17) is 4.74 Å². The van der Waals surface area contributed by atoms with E-state index in [-0.39, 0.29) is 25.0 Å². The maximum Gasteiger partial charge on any atom is 0.248 e. The molecular formula is C24H48N2O3. The van der Waals surface area contributed by atoms with Gasteiger partial charge in [-0.3, -0.25) is 9.59 Å². The van der Waals surface area contributed by atoms with Crippen LogP contribution in [0.25, 0.3) is 0 Å². The van der Waals surface area contributed by atoms with E-state index < -0.39 is 0 Å². The zero-order valence-corrected chi connectivity index (χ0v) is 19.8. The van der Waals surface area contributed by atoms with E-state index in [0.29, 0.717) is 13.1 Å². The van der Waals surface area contributed by atoms with Gasteiger partial charge in [-0.05, 0) is 26.7 Å². The molecule has 0 rings (SSSR count). The molecule has 2 amide bonds. The lowest BCUT2D eigenvalue weighted by molar-refractivity contribution is -0.141. The van der Waals surface area contributed by atoms with Crippen molar-refractivity contribution in [2.75, 3.05) is 39.4 Å². The van der Waals surface area contributed by atoms with E-state index in [0.717, 1.165) is 25.9 Å². The second-order valence-corrected chi connectivity index (χ2v) is 7.98. The lowest BCUT2D eigenvalue weighted by atomic mass is 10.1. The number of carbonyl (C=O) groups excluding carboxylic acids is 2. The average molecular weight is 413 g/mol. The summed E-state index contributed by atoms with van der Waals surface area (Å²) >= 11 is 0. The van der Waals surface area contributed by atoms with Crippen LogP contribution in [0.1, 0.15) is 105 Å². The summed E-state index contributed by atoms with van der Waals surface area (Å²) in [5.74, 6) is -0.0133. The number of amides is 2. The zero-order valence-electron chi connectivity index (χ0n) is 19.8. The highest BCUT2D eigenvalue weighted by Gasteiger charge is 2.15. The summed E-state index contributed by atoms with van der Waals surface area (Å²) in [6.07, 6.45) is 14.6. The highest BCUT2D eigenvalue weighted by atomic mass is 16.5. The Hall–Kier alpha value is -1.10. The molecule has 0 N–H and O–H groups in total. The van der Waals surface area contributed by atoms with Gasteiger partial charge in [0.15, 0.2) is 0 Å². The Morgan fingerprint density at radius 3 is 1.24 bits per heavy atom. The third-order valence-electron chi connectivity index (χ3n) is 5.48. The molecule has 0 radical (unpaired) electrons. The lowest BCUT2D eigenvalue weighted by Crippen LogP contribution is -2.38. The second-order valence-electron chi connectivity index (χ2n) is 7.98. The van der Waals surface area contributed by atoms with Crippen LogP contribution < -0.4 is 0 Å². The molecule has 0 aromatic heterocycles. The first-order chi connectivity index (χ1) is 14.1. The maximum atomic E-state index is 12.3. The number of rotatable bonds is 20. The third-order valence-corrected chi connectivity index (χ3v) is 5.48. The van der Waals surface area contributed by atoms with E-state index in [1.165, 1.54) is 64.2 Å². The molecule has 5 heteroatoms. The van der Waals surface area contributed by atoms with Crippen LogP contribution in [0.3, 0.4) is 0 Å². The minimum Gasteiger partial charge on any atom is -0.362 e. The average Bonchev–Trinajstić information content (AvgIpc) is 2.72. The van der Waals surface area contributed by atoms with Crippen molar-refractivity contribution in [3.8, 4) is 0 Å². The molecule has 0 aromatic rings. The minimum absolute atomic E-state index is 0.00396. The van der Waals surface area contributed by atoms with Crippen molar-refractivity contribution in [2.24, 2.45) is 0 Å². The Morgan fingerprint density at radius 2 is 0.897 bits per heavy atom. The number of hydrogen-bond donors (Lipinski definition) is 0. The van der Waals surface area contributed by atoms with Crippen LogP contribution in [0.4, 0.5) is 0 Å². The van der Waals surface area contributed by atoms with Crippen molar-refractivity contribution < 1.29 is 14.3 Å². The summed E-state index contributed by atoms with van der Waals surface area (Å²) in [5.41, 5.74) is 0. The minimum atomic E-state index is -0.00664. The fourth-order valence-corrected chi connectivity index (χ4v) is 3.49. The van der Waals surface area contributed by atoms with Crippen LogP contribution in [-0.2, 0) is 14.3 Å². The molecule has 0 aromatic carbocycles. The molecule has 0 spiro atoms. The monoisotopic (exact) mass is 412 g/mol. The predicted molar refractivity (Wildman–Crippen MR) is 122 cm³/mol. The summed E-state index contributed by atoms with van der Waals surface area (Å²) in [6.45, 7) is 11.4. The van der Waals surface area contributed by atoms with Crippen LogP contribution in [-0.4, -0.2) is 61.0 Å². The Bertz CT molecular complexity index is 366. The third kappa shape index (κ3) is 15.4.